The minimum absolute atomic E-state index is 0.0888. The molecule has 2 N–H and O–H groups in total. The topological polar surface area (TPSA) is 52.6 Å². The second kappa shape index (κ2) is 6.71. The second-order valence-corrected chi connectivity index (χ2v) is 5.47. The first-order valence-corrected chi connectivity index (χ1v) is 7.28. The zero-order chi connectivity index (χ0) is 13.7. The van der Waals surface area contributed by atoms with Crippen LogP contribution in [0.5, 0.6) is 0 Å². The second-order valence-electron chi connectivity index (χ2n) is 4.47. The lowest BCUT2D eigenvalue weighted by Crippen LogP contribution is -2.53. The predicted octanol–water partition coefficient (Wildman–Crippen LogP) is 0.802. The summed E-state index contributed by atoms with van der Waals surface area (Å²) in [5.41, 5.74) is 1.01. The molecule has 1 aliphatic rings. The summed E-state index contributed by atoms with van der Waals surface area (Å²) < 4.78 is 0. The van der Waals surface area contributed by atoms with Crippen molar-refractivity contribution in [3.05, 3.63) is 21.9 Å². The van der Waals surface area contributed by atoms with Crippen LogP contribution in [-0.2, 0) is 11.3 Å². The summed E-state index contributed by atoms with van der Waals surface area (Å²) in [6.07, 6.45) is 0.498. The fourth-order valence-electron chi connectivity index (χ4n) is 2.02. The minimum atomic E-state index is -0.0888. The number of carbonyl (C=O) groups excluding carboxylic acids is 1. The Labute approximate surface area is 117 Å². The third kappa shape index (κ3) is 3.57. The Morgan fingerprint density at radius 3 is 3.26 bits per heavy atom. The predicted molar refractivity (Wildman–Crippen MR) is 75.8 cm³/mol. The lowest BCUT2D eigenvalue weighted by molar-refractivity contribution is -0.128. The van der Waals surface area contributed by atoms with Gasteiger partial charge in [0.1, 0.15) is 0 Å². The van der Waals surface area contributed by atoms with E-state index in [9.17, 15) is 4.79 Å². The van der Waals surface area contributed by atoms with E-state index < -0.39 is 0 Å². The van der Waals surface area contributed by atoms with Gasteiger partial charge in [-0.1, -0.05) is 11.8 Å². The van der Waals surface area contributed by atoms with Gasteiger partial charge < -0.3 is 10.4 Å². The molecule has 2 heterocycles. The molecular formula is C14H18N2O2S. The highest BCUT2D eigenvalue weighted by Gasteiger charge is 2.25. The maximum absolute atomic E-state index is 11.6. The van der Waals surface area contributed by atoms with E-state index in [-0.39, 0.29) is 18.6 Å². The third-order valence-electron chi connectivity index (χ3n) is 3.18. The highest BCUT2D eigenvalue weighted by Crippen LogP contribution is 2.20. The summed E-state index contributed by atoms with van der Waals surface area (Å²) in [6.45, 7) is 4.36. The zero-order valence-electron chi connectivity index (χ0n) is 11.0. The highest BCUT2D eigenvalue weighted by atomic mass is 32.1. The number of aliphatic hydroxyl groups is 1. The van der Waals surface area contributed by atoms with E-state index >= 15 is 0 Å². The van der Waals surface area contributed by atoms with Crippen molar-refractivity contribution in [2.75, 3.05) is 19.7 Å². The molecule has 5 heteroatoms. The van der Waals surface area contributed by atoms with Crippen LogP contribution in [0.3, 0.4) is 0 Å². The molecule has 0 aromatic carbocycles. The summed E-state index contributed by atoms with van der Waals surface area (Å²) in [5, 5.41) is 13.6. The van der Waals surface area contributed by atoms with Crippen LogP contribution >= 0.6 is 11.3 Å². The maximum Gasteiger partial charge on any atom is 0.237 e. The third-order valence-corrected chi connectivity index (χ3v) is 4.08. The molecular weight excluding hydrogens is 260 g/mol. The molecule has 1 unspecified atom stereocenters. The lowest BCUT2D eigenvalue weighted by atomic mass is 10.1. The molecule has 1 saturated heterocycles. The molecule has 1 fully saturated rings. The molecule has 0 saturated carbocycles. The Morgan fingerprint density at radius 2 is 2.47 bits per heavy atom. The summed E-state index contributed by atoms with van der Waals surface area (Å²) in [5.74, 6) is 6.12. The molecule has 1 aromatic heterocycles. The van der Waals surface area contributed by atoms with Gasteiger partial charge in [0.05, 0.1) is 12.6 Å². The van der Waals surface area contributed by atoms with Crippen molar-refractivity contribution in [2.24, 2.45) is 0 Å². The van der Waals surface area contributed by atoms with Gasteiger partial charge in [0.2, 0.25) is 5.91 Å². The zero-order valence-corrected chi connectivity index (χ0v) is 11.8. The number of rotatable bonds is 3. The highest BCUT2D eigenvalue weighted by molar-refractivity contribution is 7.10. The van der Waals surface area contributed by atoms with Crippen LogP contribution in [0.4, 0.5) is 0 Å². The number of aliphatic hydroxyl groups excluding tert-OH is 1. The van der Waals surface area contributed by atoms with E-state index in [0.717, 1.165) is 18.7 Å². The normalized spacial score (nSPS) is 19.7. The van der Waals surface area contributed by atoms with E-state index in [1.807, 2.05) is 18.4 Å². The minimum Gasteiger partial charge on any atom is -0.395 e. The molecule has 1 aliphatic heterocycles. The van der Waals surface area contributed by atoms with Crippen molar-refractivity contribution in [3.8, 4) is 11.8 Å². The first-order chi connectivity index (χ1) is 9.22. The number of hydrogen-bond donors (Lipinski definition) is 2. The Kier molecular flexibility index (Phi) is 4.97. The summed E-state index contributed by atoms with van der Waals surface area (Å²) in [4.78, 5) is 15.0. The summed E-state index contributed by atoms with van der Waals surface area (Å²) in [7, 11) is 0. The first-order valence-electron chi connectivity index (χ1n) is 6.40. The van der Waals surface area contributed by atoms with Gasteiger partial charge in [-0.15, -0.1) is 11.3 Å². The van der Waals surface area contributed by atoms with E-state index in [2.05, 4.69) is 22.1 Å². The summed E-state index contributed by atoms with van der Waals surface area (Å²) >= 11 is 1.67. The van der Waals surface area contributed by atoms with Crippen LogP contribution in [-0.4, -0.2) is 41.7 Å². The van der Waals surface area contributed by atoms with Crippen molar-refractivity contribution in [2.45, 2.75) is 25.9 Å². The monoisotopic (exact) mass is 278 g/mol. The number of nitrogens with one attached hydrogen (secondary N) is 1. The Balaban J connectivity index is 2.05. The molecule has 1 aromatic rings. The first kappa shape index (κ1) is 14.1. The van der Waals surface area contributed by atoms with E-state index in [1.165, 1.54) is 4.88 Å². The fourth-order valence-corrected chi connectivity index (χ4v) is 2.87. The van der Waals surface area contributed by atoms with Crippen LogP contribution in [0, 0.1) is 11.8 Å². The molecule has 1 atom stereocenters. The molecule has 1 amide bonds. The quantitative estimate of drug-likeness (QED) is 0.804. The van der Waals surface area contributed by atoms with Gasteiger partial charge in [-0.25, -0.2) is 0 Å². The summed E-state index contributed by atoms with van der Waals surface area (Å²) in [6, 6.07) is 1.91. The van der Waals surface area contributed by atoms with Crippen LogP contribution in [0.2, 0.25) is 0 Å². The van der Waals surface area contributed by atoms with Crippen molar-refractivity contribution in [3.63, 3.8) is 0 Å². The molecule has 4 nitrogen and oxygen atoms in total. The van der Waals surface area contributed by atoms with Gasteiger partial charge in [0.25, 0.3) is 0 Å². The van der Waals surface area contributed by atoms with Gasteiger partial charge in [0.15, 0.2) is 0 Å². The van der Waals surface area contributed by atoms with Crippen molar-refractivity contribution >= 4 is 17.2 Å². The molecule has 0 radical (unpaired) electrons. The Bertz CT molecular complexity index is 501. The van der Waals surface area contributed by atoms with Crippen molar-refractivity contribution < 1.29 is 9.90 Å². The SMILES string of the molecule is CC1C(=O)NCCN1Cc1sccc1C#CCCO. The molecule has 0 spiro atoms. The van der Waals surface area contributed by atoms with E-state index in [0.29, 0.717) is 13.0 Å². The lowest BCUT2D eigenvalue weighted by Gasteiger charge is -2.32. The maximum atomic E-state index is 11.6. The van der Waals surface area contributed by atoms with Gasteiger partial charge in [-0.05, 0) is 18.4 Å². The van der Waals surface area contributed by atoms with Crippen LogP contribution in [0.15, 0.2) is 11.4 Å². The van der Waals surface area contributed by atoms with Gasteiger partial charge in [0, 0.05) is 36.5 Å². The van der Waals surface area contributed by atoms with Gasteiger partial charge in [-0.2, -0.15) is 0 Å². The van der Waals surface area contributed by atoms with Crippen LogP contribution in [0.25, 0.3) is 0 Å². The van der Waals surface area contributed by atoms with Gasteiger partial charge >= 0.3 is 0 Å². The molecule has 0 aliphatic carbocycles. The van der Waals surface area contributed by atoms with Crippen LogP contribution in [0.1, 0.15) is 23.8 Å². The standard InChI is InChI=1S/C14H18N2O2S/c1-11-14(18)15-6-7-16(11)10-13-12(5-9-19-13)4-2-3-8-17/h5,9,11,17H,3,6-8,10H2,1H3,(H,15,18). The number of nitrogens with zero attached hydrogens (tertiary/aromatic N) is 1. The van der Waals surface area contributed by atoms with Crippen LogP contribution < -0.4 is 5.32 Å². The number of piperazine rings is 1. The molecule has 2 rings (SSSR count). The average Bonchev–Trinajstić information content (AvgIpc) is 2.83. The number of thiophene rings is 1. The molecule has 102 valence electrons. The van der Waals surface area contributed by atoms with Crippen molar-refractivity contribution in [1.29, 1.82) is 0 Å². The number of hydrogen-bond acceptors (Lipinski definition) is 4. The van der Waals surface area contributed by atoms with E-state index in [4.69, 9.17) is 5.11 Å². The number of carbonyl (C=O) groups is 1. The largest absolute Gasteiger partial charge is 0.395 e. The Hall–Kier alpha value is -1.35. The Morgan fingerprint density at radius 1 is 1.63 bits per heavy atom. The molecule has 19 heavy (non-hydrogen) atoms. The number of amides is 1. The fraction of sp³-hybridized carbons (Fsp3) is 0.500. The van der Waals surface area contributed by atoms with E-state index in [1.54, 1.807) is 11.3 Å². The van der Waals surface area contributed by atoms with Gasteiger partial charge in [-0.3, -0.25) is 9.69 Å². The van der Waals surface area contributed by atoms with Crippen molar-refractivity contribution in [1.82, 2.24) is 10.2 Å². The smallest absolute Gasteiger partial charge is 0.237 e. The molecule has 0 bridgehead atoms. The average molecular weight is 278 g/mol.